The molecule has 0 unspecified atom stereocenters. The monoisotopic (exact) mass is 839 g/mol. The molecule has 0 spiro atoms. The highest BCUT2D eigenvalue weighted by Gasteiger charge is 2.31. The van der Waals surface area contributed by atoms with Crippen molar-refractivity contribution in [3.63, 3.8) is 0 Å². The number of aliphatic hydroxyl groups is 1. The number of cyclic esters (lactones) is 1. The molecular weight excluding hydrogens is 816 g/mol. The number of ether oxygens (including phenoxy) is 1. The van der Waals surface area contributed by atoms with Gasteiger partial charge in [0, 0.05) is 56.0 Å². The van der Waals surface area contributed by atoms with E-state index in [9.17, 15) is 24.2 Å². The molecule has 6 aromatic rings. The van der Waals surface area contributed by atoms with Crippen LogP contribution in [-0.4, -0.2) is 58.4 Å². The van der Waals surface area contributed by atoms with Crippen molar-refractivity contribution in [3.8, 4) is 22.8 Å². The number of carbonyl (C=O) groups excluding carboxylic acids is 1. The van der Waals surface area contributed by atoms with Gasteiger partial charge in [-0.15, -0.1) is 0 Å². The smallest absolute Gasteiger partial charge is 0.357 e. The Morgan fingerprint density at radius 3 is 1.81 bits per heavy atom. The molecule has 0 aliphatic carbocycles. The maximum Gasteiger partial charge on any atom is 0.357 e. The molecule has 53 heavy (non-hydrogen) atoms. The third-order valence-corrected chi connectivity index (χ3v) is 9.18. The van der Waals surface area contributed by atoms with Gasteiger partial charge < -0.3 is 24.1 Å². The number of fused-ring (bicyclic) bond motifs is 1. The Morgan fingerprint density at radius 2 is 1.32 bits per heavy atom. The molecule has 274 valence electrons. The van der Waals surface area contributed by atoms with Crippen LogP contribution in [0, 0.1) is 0 Å². The number of carbonyl (C=O) groups is 2. The van der Waals surface area contributed by atoms with Crippen molar-refractivity contribution in [1.82, 2.24) is 29.1 Å². The Bertz CT molecular complexity index is 2340. The summed E-state index contributed by atoms with van der Waals surface area (Å²) in [5, 5.41) is 22.0. The summed E-state index contributed by atoms with van der Waals surface area (Å²) < 4.78 is 23.8. The van der Waals surface area contributed by atoms with E-state index in [0.29, 0.717) is 76.4 Å². The number of pyridine rings is 2. The van der Waals surface area contributed by atoms with Gasteiger partial charge in [-0.2, -0.15) is 0 Å². The summed E-state index contributed by atoms with van der Waals surface area (Å²) in [6.07, 6.45) is 6.15. The minimum Gasteiger partial charge on any atom is -0.477 e. The highest BCUT2D eigenvalue weighted by Crippen LogP contribution is 2.32. The maximum absolute atomic E-state index is 12.2. The number of carboxylic acid groups (broad SMARTS) is 1. The number of alkyl halides is 1. The first-order valence-corrected chi connectivity index (χ1v) is 17.3. The summed E-state index contributed by atoms with van der Waals surface area (Å²) in [6, 6.07) is 13.5. The van der Waals surface area contributed by atoms with Crippen molar-refractivity contribution in [2.75, 3.05) is 7.15 Å². The summed E-state index contributed by atoms with van der Waals surface area (Å²) in [6.45, 7) is 0.0267. The van der Waals surface area contributed by atoms with E-state index >= 15 is 0 Å². The molecule has 0 saturated heterocycles. The molecule has 2 aromatic carbocycles. The van der Waals surface area contributed by atoms with Crippen molar-refractivity contribution >= 4 is 81.5 Å². The molecule has 1 aliphatic heterocycles. The minimum absolute atomic E-state index is 0.0330. The molecule has 0 atom stereocenters. The van der Waals surface area contributed by atoms with Crippen molar-refractivity contribution in [2.24, 2.45) is 0 Å². The van der Waals surface area contributed by atoms with Gasteiger partial charge in [-0.25, -0.2) is 19.6 Å². The number of hydrogen-bond acceptors (Lipinski definition) is 8. The van der Waals surface area contributed by atoms with Crippen molar-refractivity contribution in [3.05, 3.63) is 137 Å². The Morgan fingerprint density at radius 1 is 0.811 bits per heavy atom. The summed E-state index contributed by atoms with van der Waals surface area (Å²) in [4.78, 5) is 40.9. The Labute approximate surface area is 332 Å². The number of benzene rings is 2. The first kappa shape index (κ1) is 38.5. The molecule has 1 aliphatic rings. The third kappa shape index (κ3) is 9.10. The van der Waals surface area contributed by atoms with Crippen LogP contribution in [0.15, 0.2) is 73.3 Å². The number of rotatable bonds is 8. The number of halogens is 7. The van der Waals surface area contributed by atoms with Crippen LogP contribution in [0.5, 0.6) is 0 Å². The second-order valence-electron chi connectivity index (χ2n) is 10.9. The molecule has 0 radical (unpaired) electrons. The van der Waals surface area contributed by atoms with Gasteiger partial charge >= 0.3 is 11.9 Å². The fourth-order valence-electron chi connectivity index (χ4n) is 5.37. The largest absolute Gasteiger partial charge is 0.477 e. The van der Waals surface area contributed by atoms with Gasteiger partial charge in [0.05, 0.1) is 44.0 Å². The highest BCUT2D eigenvalue weighted by atomic mass is 35.5. The van der Waals surface area contributed by atoms with Gasteiger partial charge in [0.1, 0.15) is 23.9 Å². The van der Waals surface area contributed by atoms with Crippen LogP contribution in [0.2, 0.25) is 30.1 Å². The van der Waals surface area contributed by atoms with Crippen LogP contribution in [0.25, 0.3) is 22.8 Å². The van der Waals surface area contributed by atoms with E-state index in [1.54, 1.807) is 59.3 Å². The van der Waals surface area contributed by atoms with Gasteiger partial charge in [-0.05, 0) is 59.7 Å². The lowest BCUT2D eigenvalue weighted by Crippen LogP contribution is -2.13. The first-order chi connectivity index (χ1) is 25.8. The Hall–Kier alpha value is -4.27. The van der Waals surface area contributed by atoms with Crippen LogP contribution in [0.3, 0.4) is 0 Å². The number of carboxylic acids is 1. The van der Waals surface area contributed by atoms with Crippen LogP contribution >= 0.6 is 69.6 Å². The quantitative estimate of drug-likeness (QED) is 0.143. The third-order valence-electron chi connectivity index (χ3n) is 7.56. The fraction of sp³-hybridized carbons (Fsp3) is 0.143. The zero-order chi connectivity index (χ0) is 39.1. The molecule has 4 aromatic heterocycles. The van der Waals surface area contributed by atoms with E-state index in [-0.39, 0.29) is 24.5 Å². The minimum atomic E-state index is -1.22. The molecule has 7 rings (SSSR count). The number of imidazole rings is 2. The molecule has 2 N–H and O–H groups in total. The Kier molecular flexibility index (Phi) is 12.8. The molecule has 0 amide bonds. The maximum atomic E-state index is 12.2. The number of nitrogens with zero attached hydrogens (tertiary/aromatic N) is 6. The fourth-order valence-corrected chi connectivity index (χ4v) is 6.46. The normalized spacial score (nSPS) is 11.8. The zero-order valence-electron chi connectivity index (χ0n) is 27.9. The molecule has 0 saturated carbocycles. The van der Waals surface area contributed by atoms with E-state index < -0.39 is 25.7 Å². The lowest BCUT2D eigenvalue weighted by molar-refractivity contribution is 0.0522. The van der Waals surface area contributed by atoms with Crippen molar-refractivity contribution in [2.45, 2.75) is 26.3 Å². The summed E-state index contributed by atoms with van der Waals surface area (Å²) in [7, 11) is -1.00. The van der Waals surface area contributed by atoms with E-state index in [4.69, 9.17) is 75.7 Å². The van der Waals surface area contributed by atoms with E-state index in [2.05, 4.69) is 19.9 Å². The van der Waals surface area contributed by atoms with E-state index in [1.165, 1.54) is 23.2 Å². The van der Waals surface area contributed by atoms with Gasteiger partial charge in [0.15, 0.2) is 11.4 Å². The van der Waals surface area contributed by atoms with Crippen LogP contribution < -0.4 is 0 Å². The number of hydrogen-bond donors (Lipinski definition) is 2. The van der Waals surface area contributed by atoms with Crippen molar-refractivity contribution in [1.29, 1.82) is 0 Å². The summed E-state index contributed by atoms with van der Waals surface area (Å²) >= 11 is 36.6. The number of aromatic nitrogens is 6. The average molecular weight is 842 g/mol. The predicted octanol–water partition coefficient (Wildman–Crippen LogP) is 9.35. The van der Waals surface area contributed by atoms with Crippen molar-refractivity contribution < 1.29 is 30.3 Å². The van der Waals surface area contributed by atoms with Crippen LogP contribution in [0.1, 0.15) is 44.9 Å². The van der Waals surface area contributed by atoms with E-state index in [0.717, 1.165) is 5.56 Å². The second-order valence-corrected chi connectivity index (χ2v) is 13.5. The van der Waals surface area contributed by atoms with Gasteiger partial charge in [0.2, 0.25) is 0 Å². The van der Waals surface area contributed by atoms with Crippen LogP contribution in [-0.2, 0) is 31.0 Å². The van der Waals surface area contributed by atoms with Gasteiger partial charge in [-0.1, -0.05) is 69.6 Å². The van der Waals surface area contributed by atoms with Crippen LogP contribution in [0.4, 0.5) is 4.39 Å². The first-order valence-electron chi connectivity index (χ1n) is 15.7. The summed E-state index contributed by atoms with van der Waals surface area (Å²) in [5.74, 6) is -0.756. The lowest BCUT2D eigenvalue weighted by atomic mass is 10.2. The second kappa shape index (κ2) is 17.7. The molecule has 0 fully saturated rings. The topological polar surface area (TPSA) is 145 Å². The average Bonchev–Trinajstić information content (AvgIpc) is 3.81. The molecule has 18 heteroatoms. The van der Waals surface area contributed by atoms with E-state index in [1.807, 2.05) is 0 Å². The number of aliphatic hydroxyl groups excluding tert-OH is 1. The standard InChI is InChI=1S/C17H12Cl3N3O3.C17H10Cl3N3O2.CH3F/c18-11-1-2-13(20)10(4-11)7-23-15(17(25)26)14(8-24)22-16(23)9-3-12(19)6-21-5-9;18-11-1-2-13(20)10(4-11)7-23-15-14(8-25-17(15)24)22-16(23)9-3-12(19)6-21-5-9;1-2/h1-6,24H,7-8H2,(H,25,26);1-6H,7-8H2;1H3/i;;1D. The molecule has 0 bridgehead atoms. The zero-order valence-corrected chi connectivity index (χ0v) is 31.4. The van der Waals surface area contributed by atoms with Gasteiger partial charge in [-0.3, -0.25) is 14.4 Å². The Balaban J connectivity index is 0.000000194. The predicted molar refractivity (Wildman–Crippen MR) is 201 cm³/mol. The molecule has 11 nitrogen and oxygen atoms in total. The highest BCUT2D eigenvalue weighted by molar-refractivity contribution is 6.34. The van der Waals surface area contributed by atoms with Gasteiger partial charge in [0.25, 0.3) is 0 Å². The number of aromatic carboxylic acids is 1. The lowest BCUT2D eigenvalue weighted by Gasteiger charge is -2.12. The number of esters is 1. The summed E-state index contributed by atoms with van der Waals surface area (Å²) in [5.41, 5.74) is 3.48. The molecule has 5 heterocycles. The SMILES string of the molecule is O=C(O)c1c(CO)nc(-c2cncc(Cl)c2)n1Cc1cc(Cl)ccc1Cl.O=C1OCc2nc(-c3cncc(Cl)c3)n(Cc3cc(Cl)ccc3Cl)c21.[2H]CF. The molecular formula is C35H25Cl6FN6O5.